The van der Waals surface area contributed by atoms with Gasteiger partial charge in [-0.25, -0.2) is 19.3 Å². The molecular weight excluding hydrogens is 385 g/mol. The van der Waals surface area contributed by atoms with Crippen LogP contribution in [0.25, 0.3) is 21.8 Å². The predicted octanol–water partition coefficient (Wildman–Crippen LogP) is 5.62. The number of hydrogen-bond donors (Lipinski definition) is 2. The molecule has 0 aliphatic rings. The minimum atomic E-state index is -0.275. The van der Waals surface area contributed by atoms with Crippen LogP contribution in [0.15, 0.2) is 66.9 Å². The van der Waals surface area contributed by atoms with E-state index >= 15 is 0 Å². The Bertz CT molecular complexity index is 1100. The molecule has 5 nitrogen and oxygen atoms in total. The number of halogens is 1. The van der Waals surface area contributed by atoms with Crippen molar-refractivity contribution >= 4 is 22.4 Å². The molecule has 146 valence electrons. The van der Waals surface area contributed by atoms with Crippen LogP contribution < -0.4 is 10.6 Å². The monoisotopic (exact) mass is 405 g/mol. The van der Waals surface area contributed by atoms with Gasteiger partial charge in [0.1, 0.15) is 5.82 Å². The molecule has 7 heteroatoms. The smallest absolute Gasteiger partial charge is 0.223 e. The maximum Gasteiger partial charge on any atom is 0.223 e. The fourth-order valence-corrected chi connectivity index (χ4v) is 3.89. The summed E-state index contributed by atoms with van der Waals surface area (Å²) in [4.78, 5) is 14.6. The molecule has 0 amide bonds. The summed E-state index contributed by atoms with van der Waals surface area (Å²) >= 11 is 1.50. The van der Waals surface area contributed by atoms with Crippen molar-refractivity contribution in [2.24, 2.45) is 0 Å². The number of benzene rings is 2. The van der Waals surface area contributed by atoms with Crippen molar-refractivity contribution in [1.29, 1.82) is 0 Å². The van der Waals surface area contributed by atoms with E-state index in [4.69, 9.17) is 4.98 Å². The van der Waals surface area contributed by atoms with Gasteiger partial charge < -0.3 is 10.6 Å². The fourth-order valence-electron chi connectivity index (χ4n) is 2.98. The van der Waals surface area contributed by atoms with Gasteiger partial charge >= 0.3 is 0 Å². The standard InChI is InChI=1S/C22H20FN5S/c1-14(15-6-4-3-5-7-15)26-21-25-13-12-18(27-21)20-19(28-22(24-2)29-20)16-8-10-17(23)11-9-16/h3-14H,1-2H3,(H,24,28)(H,25,26,27)/t14-/m0/s1. The quantitative estimate of drug-likeness (QED) is 0.436. The van der Waals surface area contributed by atoms with E-state index < -0.39 is 0 Å². The molecule has 2 aromatic heterocycles. The Morgan fingerprint density at radius 2 is 1.72 bits per heavy atom. The summed E-state index contributed by atoms with van der Waals surface area (Å²) in [5.41, 5.74) is 3.52. The predicted molar refractivity (Wildman–Crippen MR) is 117 cm³/mol. The van der Waals surface area contributed by atoms with Gasteiger partial charge in [-0.1, -0.05) is 41.7 Å². The first-order chi connectivity index (χ1) is 14.1. The Balaban J connectivity index is 1.68. The minimum absolute atomic E-state index is 0.0670. The summed E-state index contributed by atoms with van der Waals surface area (Å²) in [7, 11) is 1.82. The molecule has 2 N–H and O–H groups in total. The maximum atomic E-state index is 13.4. The summed E-state index contributed by atoms with van der Waals surface area (Å²) in [6, 6.07) is 18.4. The first kappa shape index (κ1) is 19.0. The SMILES string of the molecule is CNc1nc(-c2ccc(F)cc2)c(-c2ccnc(N[C@@H](C)c3ccccc3)n2)s1. The van der Waals surface area contributed by atoms with Crippen molar-refractivity contribution < 1.29 is 4.39 Å². The zero-order chi connectivity index (χ0) is 20.2. The van der Waals surface area contributed by atoms with E-state index in [0.717, 1.165) is 32.5 Å². The lowest BCUT2D eigenvalue weighted by Gasteiger charge is -2.14. The van der Waals surface area contributed by atoms with Gasteiger partial charge in [-0.3, -0.25) is 0 Å². The van der Waals surface area contributed by atoms with Gasteiger partial charge in [0.25, 0.3) is 0 Å². The number of thiazole rings is 1. The van der Waals surface area contributed by atoms with E-state index in [1.54, 1.807) is 18.3 Å². The van der Waals surface area contributed by atoms with Crippen molar-refractivity contribution in [3.8, 4) is 21.8 Å². The molecule has 2 aromatic carbocycles. The second kappa shape index (κ2) is 8.36. The molecule has 0 fully saturated rings. The van der Waals surface area contributed by atoms with E-state index in [9.17, 15) is 4.39 Å². The number of hydrogen-bond acceptors (Lipinski definition) is 6. The molecule has 1 atom stereocenters. The third kappa shape index (κ3) is 4.25. The summed E-state index contributed by atoms with van der Waals surface area (Å²) < 4.78 is 13.4. The highest BCUT2D eigenvalue weighted by Gasteiger charge is 2.17. The van der Waals surface area contributed by atoms with E-state index in [-0.39, 0.29) is 11.9 Å². The zero-order valence-corrected chi connectivity index (χ0v) is 16.9. The molecule has 29 heavy (non-hydrogen) atoms. The molecule has 0 radical (unpaired) electrons. The third-order valence-corrected chi connectivity index (χ3v) is 5.59. The van der Waals surface area contributed by atoms with Crippen molar-refractivity contribution in [2.75, 3.05) is 17.7 Å². The lowest BCUT2D eigenvalue weighted by atomic mass is 10.1. The van der Waals surface area contributed by atoms with Gasteiger partial charge in [0.15, 0.2) is 5.13 Å². The Labute approximate surface area is 172 Å². The van der Waals surface area contributed by atoms with Crippen molar-refractivity contribution in [3.05, 3.63) is 78.2 Å². The molecule has 4 rings (SSSR count). The van der Waals surface area contributed by atoms with Crippen LogP contribution in [0.3, 0.4) is 0 Å². The van der Waals surface area contributed by atoms with Crippen molar-refractivity contribution in [3.63, 3.8) is 0 Å². The molecule has 0 bridgehead atoms. The summed E-state index contributed by atoms with van der Waals surface area (Å²) in [5.74, 6) is 0.270. The Morgan fingerprint density at radius 1 is 0.966 bits per heavy atom. The number of nitrogens with one attached hydrogen (secondary N) is 2. The molecule has 2 heterocycles. The lowest BCUT2D eigenvalue weighted by Crippen LogP contribution is -2.09. The van der Waals surface area contributed by atoms with E-state index in [1.807, 2.05) is 31.3 Å². The van der Waals surface area contributed by atoms with E-state index in [2.05, 4.69) is 39.7 Å². The Kier molecular flexibility index (Phi) is 5.48. The number of aromatic nitrogens is 3. The average Bonchev–Trinajstić information content (AvgIpc) is 3.20. The van der Waals surface area contributed by atoms with E-state index in [0.29, 0.717) is 5.95 Å². The van der Waals surface area contributed by atoms with Crippen LogP contribution in [-0.2, 0) is 0 Å². The normalized spacial score (nSPS) is 11.8. The van der Waals surface area contributed by atoms with Crippen molar-refractivity contribution in [2.45, 2.75) is 13.0 Å². The van der Waals surface area contributed by atoms with Crippen LogP contribution >= 0.6 is 11.3 Å². The minimum Gasteiger partial charge on any atom is -0.365 e. The van der Waals surface area contributed by atoms with Crippen molar-refractivity contribution in [1.82, 2.24) is 15.0 Å². The maximum absolute atomic E-state index is 13.4. The van der Waals surface area contributed by atoms with Gasteiger partial charge in [0.05, 0.1) is 22.3 Å². The largest absolute Gasteiger partial charge is 0.365 e. The third-order valence-electron chi connectivity index (χ3n) is 4.49. The molecule has 0 unspecified atom stereocenters. The summed E-state index contributed by atoms with van der Waals surface area (Å²) in [5, 5.41) is 7.20. The highest BCUT2D eigenvalue weighted by Crippen LogP contribution is 2.38. The highest BCUT2D eigenvalue weighted by molar-refractivity contribution is 7.19. The van der Waals surface area contributed by atoms with Crippen LogP contribution in [0.2, 0.25) is 0 Å². The van der Waals surface area contributed by atoms with Crippen LogP contribution in [-0.4, -0.2) is 22.0 Å². The molecule has 4 aromatic rings. The topological polar surface area (TPSA) is 62.7 Å². The number of nitrogens with zero attached hydrogens (tertiary/aromatic N) is 3. The molecular formula is C22H20FN5S. The summed E-state index contributed by atoms with van der Waals surface area (Å²) in [6.07, 6.45) is 1.73. The van der Waals surface area contributed by atoms with Gasteiger partial charge in [-0.15, -0.1) is 0 Å². The van der Waals surface area contributed by atoms with Gasteiger partial charge in [-0.05, 0) is 42.8 Å². The molecule has 0 aliphatic heterocycles. The molecule has 0 saturated carbocycles. The molecule has 0 saturated heterocycles. The second-order valence-corrected chi connectivity index (χ2v) is 7.49. The number of rotatable bonds is 6. The first-order valence-electron chi connectivity index (χ1n) is 9.23. The Morgan fingerprint density at radius 3 is 2.45 bits per heavy atom. The molecule has 0 spiro atoms. The second-order valence-electron chi connectivity index (χ2n) is 6.50. The fraction of sp³-hybridized carbons (Fsp3) is 0.136. The van der Waals surface area contributed by atoms with Crippen LogP contribution in [0.1, 0.15) is 18.5 Å². The zero-order valence-electron chi connectivity index (χ0n) is 16.1. The van der Waals surface area contributed by atoms with Gasteiger partial charge in [-0.2, -0.15) is 0 Å². The first-order valence-corrected chi connectivity index (χ1v) is 10.0. The average molecular weight is 406 g/mol. The summed E-state index contributed by atoms with van der Waals surface area (Å²) in [6.45, 7) is 2.07. The van der Waals surface area contributed by atoms with E-state index in [1.165, 1.54) is 23.5 Å². The van der Waals surface area contributed by atoms with Gasteiger partial charge in [0.2, 0.25) is 5.95 Å². The number of anilines is 2. The molecule has 0 aliphatic carbocycles. The van der Waals surface area contributed by atoms with Gasteiger partial charge in [0, 0.05) is 18.8 Å². The Hall–Kier alpha value is -3.32. The van der Waals surface area contributed by atoms with Crippen LogP contribution in [0.4, 0.5) is 15.5 Å². The van der Waals surface area contributed by atoms with Crippen LogP contribution in [0, 0.1) is 5.82 Å². The highest BCUT2D eigenvalue weighted by atomic mass is 32.1. The van der Waals surface area contributed by atoms with Crippen LogP contribution in [0.5, 0.6) is 0 Å². The lowest BCUT2D eigenvalue weighted by molar-refractivity contribution is 0.628.